The number of benzene rings is 2. The highest BCUT2D eigenvalue weighted by Gasteiger charge is 2.40. The van der Waals surface area contributed by atoms with Crippen LogP contribution in [0.3, 0.4) is 0 Å². The summed E-state index contributed by atoms with van der Waals surface area (Å²) >= 11 is 0. The molecule has 6 heteroatoms. The molecule has 2 aromatic carbocycles. The number of morpholine rings is 1. The summed E-state index contributed by atoms with van der Waals surface area (Å²) in [7, 11) is 1.59. The van der Waals surface area contributed by atoms with E-state index in [1.807, 2.05) is 36.9 Å². The van der Waals surface area contributed by atoms with Gasteiger partial charge in [-0.3, -0.25) is 4.79 Å². The standard InChI is InChI=1S/C25H32N2O4/c1-18(2)31-22-10-9-20(15-23(22)29-3)24(28)27-13-11-25(12-14-27)17-26-21(16-30-25)19-7-5-4-6-8-19/h4-10,15,18,21,26H,11-14,16-17H2,1-3H3. The van der Waals surface area contributed by atoms with Crippen LogP contribution in [-0.2, 0) is 4.74 Å². The van der Waals surface area contributed by atoms with E-state index in [-0.39, 0.29) is 23.7 Å². The van der Waals surface area contributed by atoms with Crippen molar-refractivity contribution in [3.8, 4) is 11.5 Å². The Kier molecular flexibility index (Phi) is 6.49. The van der Waals surface area contributed by atoms with Gasteiger partial charge in [-0.15, -0.1) is 0 Å². The first-order chi connectivity index (χ1) is 15.0. The first kappa shape index (κ1) is 21.7. The maximum absolute atomic E-state index is 13.1. The zero-order chi connectivity index (χ0) is 21.8. The number of amides is 1. The number of carbonyl (C=O) groups excluding carboxylic acids is 1. The van der Waals surface area contributed by atoms with Gasteiger partial charge in [-0.1, -0.05) is 30.3 Å². The Hall–Kier alpha value is -2.57. The molecule has 2 aromatic rings. The lowest BCUT2D eigenvalue weighted by Gasteiger charge is -2.46. The third kappa shape index (κ3) is 4.86. The van der Waals surface area contributed by atoms with Crippen LogP contribution < -0.4 is 14.8 Å². The van der Waals surface area contributed by atoms with Crippen LogP contribution in [0, 0.1) is 0 Å². The molecule has 2 heterocycles. The highest BCUT2D eigenvalue weighted by Crippen LogP contribution is 2.33. The molecule has 1 unspecified atom stereocenters. The average molecular weight is 425 g/mol. The fourth-order valence-electron chi connectivity index (χ4n) is 4.35. The van der Waals surface area contributed by atoms with Crippen molar-refractivity contribution in [2.75, 3.05) is 33.4 Å². The Balaban J connectivity index is 1.35. The largest absolute Gasteiger partial charge is 0.493 e. The van der Waals surface area contributed by atoms with Crippen molar-refractivity contribution in [2.45, 2.75) is 44.4 Å². The van der Waals surface area contributed by atoms with Crippen molar-refractivity contribution in [2.24, 2.45) is 0 Å². The summed E-state index contributed by atoms with van der Waals surface area (Å²) in [5.41, 5.74) is 1.69. The molecule has 0 radical (unpaired) electrons. The van der Waals surface area contributed by atoms with Gasteiger partial charge >= 0.3 is 0 Å². The minimum Gasteiger partial charge on any atom is -0.493 e. The summed E-state index contributed by atoms with van der Waals surface area (Å²) in [5.74, 6) is 1.26. The van der Waals surface area contributed by atoms with Crippen LogP contribution in [0.5, 0.6) is 11.5 Å². The maximum atomic E-state index is 13.1. The smallest absolute Gasteiger partial charge is 0.253 e. The Morgan fingerprint density at radius 3 is 2.48 bits per heavy atom. The van der Waals surface area contributed by atoms with Crippen LogP contribution in [0.1, 0.15) is 48.7 Å². The molecular weight excluding hydrogens is 392 g/mol. The van der Waals surface area contributed by atoms with Crippen molar-refractivity contribution >= 4 is 5.91 Å². The van der Waals surface area contributed by atoms with Gasteiger partial charge in [0.25, 0.3) is 5.91 Å². The first-order valence-electron chi connectivity index (χ1n) is 11.1. The molecule has 2 aliphatic rings. The van der Waals surface area contributed by atoms with Crippen molar-refractivity contribution in [1.29, 1.82) is 0 Å². The van der Waals surface area contributed by atoms with Gasteiger partial charge in [0.05, 0.1) is 31.5 Å². The quantitative estimate of drug-likeness (QED) is 0.791. The molecule has 6 nitrogen and oxygen atoms in total. The highest BCUT2D eigenvalue weighted by atomic mass is 16.5. The van der Waals surface area contributed by atoms with Crippen molar-refractivity contribution in [1.82, 2.24) is 10.2 Å². The second-order valence-electron chi connectivity index (χ2n) is 8.66. The Morgan fingerprint density at radius 2 is 1.87 bits per heavy atom. The van der Waals surface area contributed by atoms with E-state index >= 15 is 0 Å². The average Bonchev–Trinajstić information content (AvgIpc) is 2.80. The molecule has 0 aliphatic carbocycles. The zero-order valence-electron chi connectivity index (χ0n) is 18.6. The number of likely N-dealkylation sites (tertiary alicyclic amines) is 1. The number of piperidine rings is 1. The number of carbonyl (C=O) groups is 1. The number of rotatable bonds is 5. The van der Waals surface area contributed by atoms with E-state index in [0.29, 0.717) is 36.8 Å². The van der Waals surface area contributed by atoms with E-state index in [9.17, 15) is 4.79 Å². The predicted octanol–water partition coefficient (Wildman–Crippen LogP) is 3.82. The zero-order valence-corrected chi connectivity index (χ0v) is 18.6. The fraction of sp³-hybridized carbons (Fsp3) is 0.480. The normalized spacial score (nSPS) is 20.6. The van der Waals surface area contributed by atoms with E-state index in [1.165, 1.54) is 5.56 Å². The van der Waals surface area contributed by atoms with Gasteiger partial charge in [0.2, 0.25) is 0 Å². The lowest BCUT2D eigenvalue weighted by molar-refractivity contribution is -0.110. The van der Waals surface area contributed by atoms with Crippen LogP contribution in [0.25, 0.3) is 0 Å². The number of hydrogen-bond donors (Lipinski definition) is 1. The number of nitrogens with one attached hydrogen (secondary N) is 1. The van der Waals surface area contributed by atoms with Gasteiger partial charge in [0, 0.05) is 25.2 Å². The molecule has 2 fully saturated rings. The maximum Gasteiger partial charge on any atom is 0.253 e. The molecule has 166 valence electrons. The van der Waals surface area contributed by atoms with Gasteiger partial charge in [-0.05, 0) is 50.5 Å². The summed E-state index contributed by atoms with van der Waals surface area (Å²) in [4.78, 5) is 15.0. The molecule has 1 atom stereocenters. The van der Waals surface area contributed by atoms with Gasteiger partial charge in [-0.25, -0.2) is 0 Å². The van der Waals surface area contributed by atoms with Gasteiger partial charge in [-0.2, -0.15) is 0 Å². The molecule has 1 spiro atoms. The molecule has 0 saturated carbocycles. The summed E-state index contributed by atoms with van der Waals surface area (Å²) in [5, 5.41) is 3.65. The SMILES string of the molecule is COc1cc(C(=O)N2CCC3(CC2)CNC(c2ccccc2)CO3)ccc1OC(C)C. The molecule has 2 aliphatic heterocycles. The lowest BCUT2D eigenvalue weighted by atomic mass is 9.88. The molecule has 1 amide bonds. The van der Waals surface area contributed by atoms with Crippen LogP contribution in [0.2, 0.25) is 0 Å². The van der Waals surface area contributed by atoms with Crippen molar-refractivity contribution < 1.29 is 19.0 Å². The van der Waals surface area contributed by atoms with Crippen molar-refractivity contribution in [3.05, 3.63) is 59.7 Å². The summed E-state index contributed by atoms with van der Waals surface area (Å²) in [6.45, 7) is 6.76. The second-order valence-corrected chi connectivity index (χ2v) is 8.66. The van der Waals surface area contributed by atoms with E-state index in [4.69, 9.17) is 14.2 Å². The lowest BCUT2D eigenvalue weighted by Crippen LogP contribution is -2.57. The third-order valence-corrected chi connectivity index (χ3v) is 6.16. The molecule has 2 saturated heterocycles. The molecule has 1 N–H and O–H groups in total. The second kappa shape index (κ2) is 9.28. The summed E-state index contributed by atoms with van der Waals surface area (Å²) < 4.78 is 17.6. The fourth-order valence-corrected chi connectivity index (χ4v) is 4.35. The number of hydrogen-bond acceptors (Lipinski definition) is 5. The minimum absolute atomic E-state index is 0.0233. The molecule has 0 aromatic heterocycles. The van der Waals surface area contributed by atoms with E-state index in [2.05, 4.69) is 29.6 Å². The molecular formula is C25H32N2O4. The van der Waals surface area contributed by atoms with E-state index in [1.54, 1.807) is 13.2 Å². The highest BCUT2D eigenvalue weighted by molar-refractivity contribution is 5.95. The van der Waals surface area contributed by atoms with Crippen LogP contribution in [0.15, 0.2) is 48.5 Å². The molecule has 31 heavy (non-hydrogen) atoms. The Labute approximate surface area is 184 Å². The van der Waals surface area contributed by atoms with Crippen LogP contribution >= 0.6 is 0 Å². The van der Waals surface area contributed by atoms with Crippen LogP contribution in [0.4, 0.5) is 0 Å². The monoisotopic (exact) mass is 424 g/mol. The summed E-state index contributed by atoms with van der Waals surface area (Å²) in [6.07, 6.45) is 1.71. The van der Waals surface area contributed by atoms with Gasteiger partial charge in [0.1, 0.15) is 0 Å². The van der Waals surface area contributed by atoms with E-state index < -0.39 is 0 Å². The first-order valence-corrected chi connectivity index (χ1v) is 11.1. The number of nitrogens with zero attached hydrogens (tertiary/aromatic N) is 1. The topological polar surface area (TPSA) is 60.0 Å². The summed E-state index contributed by atoms with van der Waals surface area (Å²) in [6, 6.07) is 16.0. The minimum atomic E-state index is -0.186. The van der Waals surface area contributed by atoms with Crippen molar-refractivity contribution in [3.63, 3.8) is 0 Å². The Bertz CT molecular complexity index is 882. The van der Waals surface area contributed by atoms with E-state index in [0.717, 1.165) is 19.4 Å². The number of methoxy groups -OCH3 is 1. The van der Waals surface area contributed by atoms with Gasteiger partial charge in [0.15, 0.2) is 11.5 Å². The predicted molar refractivity (Wildman–Crippen MR) is 120 cm³/mol. The number of ether oxygens (including phenoxy) is 3. The molecule has 4 rings (SSSR count). The molecule has 0 bridgehead atoms. The van der Waals surface area contributed by atoms with Gasteiger partial charge < -0.3 is 24.4 Å². The third-order valence-electron chi connectivity index (χ3n) is 6.16. The Morgan fingerprint density at radius 1 is 1.13 bits per heavy atom. The van der Waals surface area contributed by atoms with Crippen LogP contribution in [-0.4, -0.2) is 55.9 Å².